The van der Waals surface area contributed by atoms with Gasteiger partial charge in [-0.25, -0.2) is 4.98 Å². The lowest BCUT2D eigenvalue weighted by Crippen LogP contribution is -2.29. The van der Waals surface area contributed by atoms with Crippen LogP contribution in [0.3, 0.4) is 0 Å². The zero-order valence-corrected chi connectivity index (χ0v) is 11.3. The monoisotopic (exact) mass is 285 g/mol. The third kappa shape index (κ3) is 3.70. The fourth-order valence-electron chi connectivity index (χ4n) is 1.53. The molecule has 0 bridgehead atoms. The van der Waals surface area contributed by atoms with Crippen molar-refractivity contribution < 1.29 is 0 Å². The molecule has 0 saturated carbocycles. The Bertz CT molecular complexity index is 645. The van der Waals surface area contributed by atoms with Gasteiger partial charge < -0.3 is 10.6 Å². The van der Waals surface area contributed by atoms with E-state index in [1.165, 1.54) is 6.20 Å². The Hall–Kier alpha value is -2.58. The van der Waals surface area contributed by atoms with Gasteiger partial charge in [-0.15, -0.1) is 0 Å². The smallest absolute Gasteiger partial charge is 0.194 e. The molecule has 1 aromatic heterocycles. The quantitative estimate of drug-likeness (QED) is 0.598. The number of hydrogen-bond acceptors (Lipinski definition) is 3. The molecule has 0 spiro atoms. The number of anilines is 1. The largest absolute Gasteiger partial charge is 0.352 e. The summed E-state index contributed by atoms with van der Waals surface area (Å²) in [6, 6.07) is 12.7. The first-order chi connectivity index (χ1) is 9.69. The van der Waals surface area contributed by atoms with Crippen molar-refractivity contribution in [3.8, 4) is 6.07 Å². The van der Waals surface area contributed by atoms with E-state index in [1.807, 2.05) is 24.3 Å². The van der Waals surface area contributed by atoms with Crippen molar-refractivity contribution >= 4 is 23.4 Å². The van der Waals surface area contributed by atoms with E-state index in [0.29, 0.717) is 22.9 Å². The van der Waals surface area contributed by atoms with E-state index in [4.69, 9.17) is 22.3 Å². The van der Waals surface area contributed by atoms with Gasteiger partial charge in [0.25, 0.3) is 0 Å². The lowest BCUT2D eigenvalue weighted by atomic mass is 10.2. The number of hydrogen-bond donors (Lipinski definition) is 3. The van der Waals surface area contributed by atoms with Gasteiger partial charge in [-0.3, -0.25) is 5.41 Å². The number of nitrogens with one attached hydrogen (secondary N) is 3. The van der Waals surface area contributed by atoms with Crippen LogP contribution in [0, 0.1) is 16.7 Å². The topological polar surface area (TPSA) is 84.6 Å². The molecule has 20 heavy (non-hydrogen) atoms. The van der Waals surface area contributed by atoms with Gasteiger partial charge in [0, 0.05) is 17.8 Å². The number of pyridine rings is 1. The van der Waals surface area contributed by atoms with Crippen LogP contribution in [0.25, 0.3) is 0 Å². The maximum atomic E-state index is 8.67. The van der Waals surface area contributed by atoms with Crippen LogP contribution in [0.4, 0.5) is 5.82 Å². The van der Waals surface area contributed by atoms with Gasteiger partial charge in [0.05, 0.1) is 5.56 Å². The van der Waals surface area contributed by atoms with E-state index >= 15 is 0 Å². The molecule has 0 amide bonds. The highest BCUT2D eigenvalue weighted by atomic mass is 35.5. The highest BCUT2D eigenvalue weighted by Gasteiger charge is 2.02. The normalized spacial score (nSPS) is 9.60. The second kappa shape index (κ2) is 6.55. The zero-order chi connectivity index (χ0) is 14.4. The van der Waals surface area contributed by atoms with Crippen molar-refractivity contribution in [1.82, 2.24) is 10.3 Å². The molecule has 0 radical (unpaired) electrons. The molecule has 0 saturated heterocycles. The van der Waals surface area contributed by atoms with Crippen molar-refractivity contribution in [3.05, 3.63) is 58.7 Å². The SMILES string of the molecule is N#Cc1ccc(NC(=N)NCc2ccccc2Cl)nc1. The third-order valence-corrected chi connectivity index (χ3v) is 2.93. The second-order valence-corrected chi connectivity index (χ2v) is 4.40. The summed E-state index contributed by atoms with van der Waals surface area (Å²) in [5.74, 6) is 0.614. The van der Waals surface area contributed by atoms with E-state index in [-0.39, 0.29) is 5.96 Å². The zero-order valence-electron chi connectivity index (χ0n) is 10.5. The molecular formula is C14H12ClN5. The van der Waals surface area contributed by atoms with Crippen LogP contribution in [-0.4, -0.2) is 10.9 Å². The van der Waals surface area contributed by atoms with Crippen LogP contribution < -0.4 is 10.6 Å². The van der Waals surface area contributed by atoms with Crippen LogP contribution in [0.1, 0.15) is 11.1 Å². The summed E-state index contributed by atoms with van der Waals surface area (Å²) in [4.78, 5) is 4.02. The molecule has 0 aliphatic rings. The number of nitriles is 1. The molecule has 2 rings (SSSR count). The minimum Gasteiger partial charge on any atom is -0.352 e. The number of aromatic nitrogens is 1. The maximum Gasteiger partial charge on any atom is 0.194 e. The molecule has 100 valence electrons. The first-order valence-electron chi connectivity index (χ1n) is 5.88. The minimum atomic E-state index is 0.113. The van der Waals surface area contributed by atoms with E-state index in [1.54, 1.807) is 18.2 Å². The summed E-state index contributed by atoms with van der Waals surface area (Å²) < 4.78 is 0. The van der Waals surface area contributed by atoms with Gasteiger partial charge in [0.1, 0.15) is 11.9 Å². The van der Waals surface area contributed by atoms with Gasteiger partial charge in [0.15, 0.2) is 5.96 Å². The fraction of sp³-hybridized carbons (Fsp3) is 0.0714. The summed E-state index contributed by atoms with van der Waals surface area (Å²) in [5.41, 5.74) is 1.39. The molecule has 6 heteroatoms. The number of rotatable bonds is 3. The van der Waals surface area contributed by atoms with Crippen LogP contribution in [0.2, 0.25) is 5.02 Å². The van der Waals surface area contributed by atoms with Crippen LogP contribution in [0.5, 0.6) is 0 Å². The van der Waals surface area contributed by atoms with E-state index in [0.717, 1.165) is 5.56 Å². The minimum absolute atomic E-state index is 0.113. The Kier molecular flexibility index (Phi) is 4.53. The summed E-state index contributed by atoms with van der Waals surface area (Å²) >= 11 is 6.03. The Balaban J connectivity index is 1.89. The predicted molar refractivity (Wildman–Crippen MR) is 78.6 cm³/mol. The molecule has 1 heterocycles. The van der Waals surface area contributed by atoms with E-state index in [9.17, 15) is 0 Å². The predicted octanol–water partition coefficient (Wildman–Crippen LogP) is 2.74. The van der Waals surface area contributed by atoms with Crippen molar-refractivity contribution in [1.29, 1.82) is 10.7 Å². The third-order valence-electron chi connectivity index (χ3n) is 2.56. The van der Waals surface area contributed by atoms with E-state index in [2.05, 4.69) is 15.6 Å². The van der Waals surface area contributed by atoms with Crippen LogP contribution in [0.15, 0.2) is 42.6 Å². The number of nitrogens with zero attached hydrogens (tertiary/aromatic N) is 2. The van der Waals surface area contributed by atoms with Crippen molar-refractivity contribution in [2.75, 3.05) is 5.32 Å². The Labute approximate surface area is 121 Å². The molecule has 0 fully saturated rings. The number of benzene rings is 1. The molecule has 0 aliphatic heterocycles. The first kappa shape index (κ1) is 13.8. The molecular weight excluding hydrogens is 274 g/mol. The fourth-order valence-corrected chi connectivity index (χ4v) is 1.73. The Morgan fingerprint density at radius 3 is 2.75 bits per heavy atom. The molecule has 2 aromatic rings. The van der Waals surface area contributed by atoms with Gasteiger partial charge in [-0.05, 0) is 23.8 Å². The van der Waals surface area contributed by atoms with Gasteiger partial charge in [-0.1, -0.05) is 29.8 Å². The van der Waals surface area contributed by atoms with Crippen molar-refractivity contribution in [3.63, 3.8) is 0 Å². The summed E-state index contributed by atoms with van der Waals surface area (Å²) in [6.45, 7) is 0.446. The second-order valence-electron chi connectivity index (χ2n) is 3.99. The van der Waals surface area contributed by atoms with E-state index < -0.39 is 0 Å². The van der Waals surface area contributed by atoms with Crippen molar-refractivity contribution in [2.24, 2.45) is 0 Å². The first-order valence-corrected chi connectivity index (χ1v) is 6.26. The highest BCUT2D eigenvalue weighted by Crippen LogP contribution is 2.14. The molecule has 0 unspecified atom stereocenters. The van der Waals surface area contributed by atoms with Gasteiger partial charge in [0.2, 0.25) is 0 Å². The van der Waals surface area contributed by atoms with Crippen LogP contribution in [-0.2, 0) is 6.54 Å². The molecule has 3 N–H and O–H groups in total. The highest BCUT2D eigenvalue weighted by molar-refractivity contribution is 6.31. The Morgan fingerprint density at radius 1 is 1.30 bits per heavy atom. The maximum absolute atomic E-state index is 8.67. The summed E-state index contributed by atoms with van der Waals surface area (Å²) in [6.07, 6.45) is 1.45. The lowest BCUT2D eigenvalue weighted by Gasteiger charge is -2.10. The Morgan fingerprint density at radius 2 is 2.10 bits per heavy atom. The molecule has 0 atom stereocenters. The molecule has 1 aromatic carbocycles. The van der Waals surface area contributed by atoms with Gasteiger partial charge in [-0.2, -0.15) is 5.26 Å². The molecule has 0 aliphatic carbocycles. The standard InChI is InChI=1S/C14H12ClN5/c15-12-4-2-1-3-11(12)9-19-14(17)20-13-6-5-10(7-16)8-18-13/h1-6,8H,9H2,(H3,17,18,19,20). The van der Waals surface area contributed by atoms with Gasteiger partial charge >= 0.3 is 0 Å². The summed E-state index contributed by atoms with van der Waals surface area (Å²) in [5, 5.41) is 22.8. The lowest BCUT2D eigenvalue weighted by molar-refractivity contribution is 0.903. The number of guanidine groups is 1. The average molecular weight is 286 g/mol. The van der Waals surface area contributed by atoms with Crippen LogP contribution >= 0.6 is 11.6 Å². The molecule has 5 nitrogen and oxygen atoms in total. The summed E-state index contributed by atoms with van der Waals surface area (Å²) in [7, 11) is 0. The average Bonchev–Trinajstić information content (AvgIpc) is 2.47. The van der Waals surface area contributed by atoms with Crippen molar-refractivity contribution in [2.45, 2.75) is 6.54 Å². The number of halogens is 1.